The molecule has 1 aromatic carbocycles. The Morgan fingerprint density at radius 3 is 2.74 bits per heavy atom. The molecule has 4 nitrogen and oxygen atoms in total. The summed E-state index contributed by atoms with van der Waals surface area (Å²) in [4.78, 5) is 18.8. The van der Waals surface area contributed by atoms with Crippen molar-refractivity contribution in [3.63, 3.8) is 0 Å². The van der Waals surface area contributed by atoms with E-state index in [1.807, 2.05) is 24.3 Å². The van der Waals surface area contributed by atoms with Gasteiger partial charge in [-0.05, 0) is 30.5 Å². The number of carbonyl (C=O) groups excluding carboxylic acids is 1. The molecular formula is C15H19N3O. The van der Waals surface area contributed by atoms with E-state index in [-0.39, 0.29) is 5.91 Å². The van der Waals surface area contributed by atoms with E-state index in [4.69, 9.17) is 0 Å². The molecule has 4 heteroatoms. The second-order valence-electron chi connectivity index (χ2n) is 4.56. The highest BCUT2D eigenvalue weighted by Gasteiger charge is 2.05. The molecule has 0 bridgehead atoms. The maximum absolute atomic E-state index is 11.9. The van der Waals surface area contributed by atoms with Crippen molar-refractivity contribution in [1.29, 1.82) is 0 Å². The summed E-state index contributed by atoms with van der Waals surface area (Å²) in [6, 6.07) is 7.82. The number of imidazole rings is 1. The van der Waals surface area contributed by atoms with Gasteiger partial charge in [-0.3, -0.25) is 4.79 Å². The van der Waals surface area contributed by atoms with Crippen molar-refractivity contribution in [2.45, 2.75) is 32.7 Å². The Morgan fingerprint density at radius 2 is 2.11 bits per heavy atom. The van der Waals surface area contributed by atoms with Crippen LogP contribution in [0.15, 0.2) is 36.8 Å². The van der Waals surface area contributed by atoms with E-state index < -0.39 is 0 Å². The third-order valence-electron chi connectivity index (χ3n) is 3.03. The van der Waals surface area contributed by atoms with Gasteiger partial charge in [0.05, 0.1) is 18.6 Å². The molecule has 1 heterocycles. The maximum atomic E-state index is 11.9. The molecular weight excluding hydrogens is 238 g/mol. The highest BCUT2D eigenvalue weighted by molar-refractivity contribution is 5.94. The lowest BCUT2D eigenvalue weighted by molar-refractivity contribution is 0.0950. The molecule has 1 amide bonds. The summed E-state index contributed by atoms with van der Waals surface area (Å²) in [6.45, 7) is 2.65. The van der Waals surface area contributed by atoms with Gasteiger partial charge in [-0.25, -0.2) is 4.98 Å². The van der Waals surface area contributed by atoms with Crippen LogP contribution in [0.1, 0.15) is 41.4 Å². The molecule has 0 aliphatic rings. The zero-order valence-corrected chi connectivity index (χ0v) is 11.1. The minimum atomic E-state index is -0.0587. The lowest BCUT2D eigenvalue weighted by Crippen LogP contribution is -2.22. The van der Waals surface area contributed by atoms with Crippen molar-refractivity contribution < 1.29 is 4.79 Å². The number of unbranched alkanes of at least 4 members (excludes halogenated alkanes) is 1. The van der Waals surface area contributed by atoms with Crippen LogP contribution in [0.3, 0.4) is 0 Å². The number of aryl methyl sites for hydroxylation is 1. The zero-order chi connectivity index (χ0) is 13.5. The van der Waals surface area contributed by atoms with Crippen LogP contribution in [0.5, 0.6) is 0 Å². The molecule has 2 N–H and O–H groups in total. The largest absolute Gasteiger partial charge is 0.347 e. The molecule has 0 saturated carbocycles. The van der Waals surface area contributed by atoms with Crippen molar-refractivity contribution in [3.05, 3.63) is 53.6 Å². The number of aromatic nitrogens is 2. The van der Waals surface area contributed by atoms with E-state index in [2.05, 4.69) is 22.2 Å². The van der Waals surface area contributed by atoms with E-state index in [1.165, 1.54) is 18.4 Å². The summed E-state index contributed by atoms with van der Waals surface area (Å²) in [5.41, 5.74) is 2.87. The number of hydrogen-bond acceptors (Lipinski definition) is 2. The Balaban J connectivity index is 1.88. The minimum Gasteiger partial charge on any atom is -0.347 e. The van der Waals surface area contributed by atoms with Crippen LogP contribution in [0.2, 0.25) is 0 Å². The molecule has 2 rings (SSSR count). The van der Waals surface area contributed by atoms with E-state index in [9.17, 15) is 4.79 Å². The Hall–Kier alpha value is -2.10. The molecule has 0 radical (unpaired) electrons. The van der Waals surface area contributed by atoms with Crippen LogP contribution in [-0.4, -0.2) is 15.9 Å². The molecule has 0 fully saturated rings. The van der Waals surface area contributed by atoms with Crippen molar-refractivity contribution in [3.8, 4) is 0 Å². The fourth-order valence-electron chi connectivity index (χ4n) is 1.86. The number of aromatic amines is 1. The predicted octanol–water partition coefficient (Wildman–Crippen LogP) is 2.68. The minimum absolute atomic E-state index is 0.0587. The quantitative estimate of drug-likeness (QED) is 0.836. The van der Waals surface area contributed by atoms with E-state index in [0.717, 1.165) is 12.1 Å². The first kappa shape index (κ1) is 13.3. The van der Waals surface area contributed by atoms with Crippen LogP contribution in [-0.2, 0) is 13.0 Å². The van der Waals surface area contributed by atoms with Crippen molar-refractivity contribution in [2.24, 2.45) is 0 Å². The Kier molecular flexibility index (Phi) is 4.72. The van der Waals surface area contributed by atoms with Gasteiger partial charge < -0.3 is 10.3 Å². The summed E-state index contributed by atoms with van der Waals surface area (Å²) in [5, 5.41) is 2.85. The van der Waals surface area contributed by atoms with Gasteiger partial charge >= 0.3 is 0 Å². The van der Waals surface area contributed by atoms with Crippen molar-refractivity contribution in [1.82, 2.24) is 15.3 Å². The van der Waals surface area contributed by atoms with Gasteiger partial charge in [0.2, 0.25) is 0 Å². The molecule has 100 valence electrons. The topological polar surface area (TPSA) is 57.8 Å². The Morgan fingerprint density at radius 1 is 1.32 bits per heavy atom. The van der Waals surface area contributed by atoms with E-state index >= 15 is 0 Å². The Bertz CT molecular complexity index is 503. The second kappa shape index (κ2) is 6.73. The highest BCUT2D eigenvalue weighted by Crippen LogP contribution is 2.08. The number of nitrogens with zero attached hydrogens (tertiary/aromatic N) is 1. The molecule has 0 atom stereocenters. The summed E-state index contributed by atoms with van der Waals surface area (Å²) >= 11 is 0. The van der Waals surface area contributed by atoms with Crippen molar-refractivity contribution in [2.75, 3.05) is 0 Å². The highest BCUT2D eigenvalue weighted by atomic mass is 16.1. The predicted molar refractivity (Wildman–Crippen MR) is 74.8 cm³/mol. The summed E-state index contributed by atoms with van der Waals surface area (Å²) in [6.07, 6.45) is 6.75. The SMILES string of the molecule is CCCCc1ccc(C(=O)NCc2cnc[nH]2)cc1. The van der Waals surface area contributed by atoms with Gasteiger partial charge in [-0.15, -0.1) is 0 Å². The molecule has 0 spiro atoms. The molecule has 2 aromatic rings. The van der Waals surface area contributed by atoms with E-state index in [1.54, 1.807) is 12.5 Å². The lowest BCUT2D eigenvalue weighted by Gasteiger charge is -2.05. The number of carbonyl (C=O) groups is 1. The molecule has 1 aromatic heterocycles. The molecule has 19 heavy (non-hydrogen) atoms. The maximum Gasteiger partial charge on any atom is 0.251 e. The van der Waals surface area contributed by atoms with Gasteiger partial charge in [-0.2, -0.15) is 0 Å². The number of hydrogen-bond donors (Lipinski definition) is 2. The third-order valence-corrected chi connectivity index (χ3v) is 3.03. The smallest absolute Gasteiger partial charge is 0.251 e. The third kappa shape index (κ3) is 3.95. The summed E-state index contributed by atoms with van der Waals surface area (Å²) < 4.78 is 0. The van der Waals surface area contributed by atoms with Crippen LogP contribution >= 0.6 is 0 Å². The number of rotatable bonds is 6. The van der Waals surface area contributed by atoms with Gasteiger partial charge in [0, 0.05) is 11.8 Å². The fourth-order valence-corrected chi connectivity index (χ4v) is 1.86. The van der Waals surface area contributed by atoms with Crippen LogP contribution in [0.25, 0.3) is 0 Å². The van der Waals surface area contributed by atoms with Gasteiger partial charge in [0.25, 0.3) is 5.91 Å². The fraction of sp³-hybridized carbons (Fsp3) is 0.333. The first-order valence-electron chi connectivity index (χ1n) is 6.64. The number of benzene rings is 1. The van der Waals surface area contributed by atoms with Gasteiger partial charge in [0.1, 0.15) is 0 Å². The Labute approximate surface area is 113 Å². The average molecular weight is 257 g/mol. The number of amides is 1. The summed E-state index contributed by atoms with van der Waals surface area (Å²) in [7, 11) is 0. The average Bonchev–Trinajstić information content (AvgIpc) is 2.96. The van der Waals surface area contributed by atoms with Crippen LogP contribution in [0, 0.1) is 0 Å². The normalized spacial score (nSPS) is 10.4. The molecule has 0 aliphatic heterocycles. The lowest BCUT2D eigenvalue weighted by atomic mass is 10.1. The first-order valence-corrected chi connectivity index (χ1v) is 6.64. The van der Waals surface area contributed by atoms with Crippen LogP contribution in [0.4, 0.5) is 0 Å². The number of H-pyrrole nitrogens is 1. The molecule has 0 aliphatic carbocycles. The van der Waals surface area contributed by atoms with Crippen LogP contribution < -0.4 is 5.32 Å². The second-order valence-corrected chi connectivity index (χ2v) is 4.56. The molecule has 0 unspecified atom stereocenters. The first-order chi connectivity index (χ1) is 9.29. The monoisotopic (exact) mass is 257 g/mol. The van der Waals surface area contributed by atoms with Gasteiger partial charge in [0.15, 0.2) is 0 Å². The van der Waals surface area contributed by atoms with Crippen molar-refractivity contribution >= 4 is 5.91 Å². The number of nitrogens with one attached hydrogen (secondary N) is 2. The summed E-state index contributed by atoms with van der Waals surface area (Å²) in [5.74, 6) is -0.0587. The zero-order valence-electron chi connectivity index (χ0n) is 11.1. The standard InChI is InChI=1S/C15H19N3O/c1-2-3-4-12-5-7-13(8-6-12)15(19)17-10-14-9-16-11-18-14/h5-9,11H,2-4,10H2,1H3,(H,16,18)(H,17,19). The van der Waals surface area contributed by atoms with Gasteiger partial charge in [-0.1, -0.05) is 25.5 Å². The van der Waals surface area contributed by atoms with E-state index in [0.29, 0.717) is 12.1 Å². The molecule has 0 saturated heterocycles.